The monoisotopic (exact) mass is 342 g/mol. The summed E-state index contributed by atoms with van der Waals surface area (Å²) in [6.07, 6.45) is 1.34. The molecule has 24 heavy (non-hydrogen) atoms. The summed E-state index contributed by atoms with van der Waals surface area (Å²) in [5, 5.41) is 14.8. The van der Waals surface area contributed by atoms with E-state index in [9.17, 15) is 9.90 Å². The van der Waals surface area contributed by atoms with Crippen LogP contribution in [0.4, 0.5) is 0 Å². The van der Waals surface area contributed by atoms with E-state index in [-0.39, 0.29) is 18.9 Å². The van der Waals surface area contributed by atoms with Gasteiger partial charge in [0.1, 0.15) is 0 Å². The molecule has 1 aromatic heterocycles. The van der Waals surface area contributed by atoms with E-state index in [1.54, 1.807) is 6.07 Å². The van der Waals surface area contributed by atoms with Gasteiger partial charge in [-0.1, -0.05) is 48.0 Å². The summed E-state index contributed by atoms with van der Waals surface area (Å²) in [5.41, 5.74) is 2.64. The molecule has 0 spiro atoms. The van der Waals surface area contributed by atoms with Crippen LogP contribution in [0.25, 0.3) is 10.9 Å². The minimum absolute atomic E-state index is 0.164. The quantitative estimate of drug-likeness (QED) is 0.748. The Morgan fingerprint density at radius 2 is 1.92 bits per heavy atom. The molecular weight excluding hydrogens is 324 g/mol. The molecule has 4 nitrogen and oxygen atoms in total. The Morgan fingerprint density at radius 1 is 1.21 bits per heavy atom. The summed E-state index contributed by atoms with van der Waals surface area (Å²) in [4.78, 5) is 12.1. The van der Waals surface area contributed by atoms with Gasteiger partial charge in [-0.3, -0.25) is 4.79 Å². The number of fused-ring (bicyclic) bond motifs is 1. The second kappa shape index (κ2) is 7.07. The predicted octanol–water partition coefficient (Wildman–Crippen LogP) is 3.22. The van der Waals surface area contributed by atoms with Crippen LogP contribution in [0.5, 0.6) is 0 Å². The molecule has 0 aliphatic rings. The molecule has 1 unspecified atom stereocenters. The fraction of sp³-hybridized carbons (Fsp3) is 0.211. The number of benzene rings is 2. The lowest BCUT2D eigenvalue weighted by molar-refractivity contribution is -0.120. The number of nitrogens with one attached hydrogen (secondary N) is 1. The summed E-state index contributed by atoms with van der Waals surface area (Å²) in [6, 6.07) is 15.1. The molecule has 1 atom stereocenters. The highest BCUT2D eigenvalue weighted by molar-refractivity contribution is 6.31. The highest BCUT2D eigenvalue weighted by atomic mass is 35.5. The van der Waals surface area contributed by atoms with Crippen LogP contribution in [0.3, 0.4) is 0 Å². The number of carbonyl (C=O) groups excluding carboxylic acids is 1. The Balaban J connectivity index is 1.65. The third-order valence-corrected chi connectivity index (χ3v) is 4.46. The molecule has 0 saturated heterocycles. The molecule has 1 heterocycles. The molecule has 0 radical (unpaired) electrons. The van der Waals surface area contributed by atoms with Gasteiger partial charge in [0.15, 0.2) is 0 Å². The Hall–Kier alpha value is -2.30. The SMILES string of the molecule is Cn1cc(C(O)CNC(=O)Cc2ccccc2Cl)c2ccccc21. The van der Waals surface area contributed by atoms with Crippen LogP contribution in [0, 0.1) is 0 Å². The maximum absolute atomic E-state index is 12.1. The minimum Gasteiger partial charge on any atom is -0.386 e. The van der Waals surface area contributed by atoms with Crippen molar-refractivity contribution in [1.29, 1.82) is 0 Å². The Bertz CT molecular complexity index is 873. The van der Waals surface area contributed by atoms with E-state index < -0.39 is 6.10 Å². The number of hydrogen-bond acceptors (Lipinski definition) is 2. The van der Waals surface area contributed by atoms with Gasteiger partial charge in [-0.15, -0.1) is 0 Å². The smallest absolute Gasteiger partial charge is 0.224 e. The maximum Gasteiger partial charge on any atom is 0.224 e. The van der Waals surface area contributed by atoms with Gasteiger partial charge in [0, 0.05) is 41.3 Å². The third-order valence-electron chi connectivity index (χ3n) is 4.09. The van der Waals surface area contributed by atoms with Crippen molar-refractivity contribution in [2.24, 2.45) is 7.05 Å². The lowest BCUT2D eigenvalue weighted by Gasteiger charge is -2.12. The fourth-order valence-electron chi connectivity index (χ4n) is 2.84. The van der Waals surface area contributed by atoms with E-state index in [0.29, 0.717) is 5.02 Å². The molecule has 0 bridgehead atoms. The molecular formula is C19H19ClN2O2. The Kier molecular flexibility index (Phi) is 4.88. The molecule has 0 aliphatic heterocycles. The van der Waals surface area contributed by atoms with Gasteiger partial charge < -0.3 is 15.0 Å². The number of rotatable bonds is 5. The first kappa shape index (κ1) is 16.6. The number of aryl methyl sites for hydroxylation is 1. The lowest BCUT2D eigenvalue weighted by Crippen LogP contribution is -2.29. The Labute approximate surface area is 145 Å². The summed E-state index contributed by atoms with van der Waals surface area (Å²) in [7, 11) is 1.94. The summed E-state index contributed by atoms with van der Waals surface area (Å²) in [5.74, 6) is -0.164. The van der Waals surface area contributed by atoms with Crippen LogP contribution in [0.2, 0.25) is 5.02 Å². The highest BCUT2D eigenvalue weighted by Crippen LogP contribution is 2.25. The third kappa shape index (κ3) is 3.45. The molecule has 3 aromatic rings. The van der Waals surface area contributed by atoms with Crippen molar-refractivity contribution in [1.82, 2.24) is 9.88 Å². The number of aliphatic hydroxyl groups excluding tert-OH is 1. The first-order valence-corrected chi connectivity index (χ1v) is 8.16. The van der Waals surface area contributed by atoms with Crippen molar-refractivity contribution < 1.29 is 9.90 Å². The summed E-state index contributed by atoms with van der Waals surface area (Å²) in [6.45, 7) is 0.164. The number of aliphatic hydroxyl groups is 1. The van der Waals surface area contributed by atoms with Crippen LogP contribution < -0.4 is 5.32 Å². The number of nitrogens with zero attached hydrogens (tertiary/aromatic N) is 1. The number of hydrogen-bond donors (Lipinski definition) is 2. The van der Waals surface area contributed by atoms with E-state index in [4.69, 9.17) is 11.6 Å². The lowest BCUT2D eigenvalue weighted by atomic mass is 10.1. The molecule has 5 heteroatoms. The second-order valence-corrected chi connectivity index (χ2v) is 6.21. The fourth-order valence-corrected chi connectivity index (χ4v) is 3.04. The maximum atomic E-state index is 12.1. The van der Waals surface area contributed by atoms with Crippen molar-refractivity contribution in [3.63, 3.8) is 0 Å². The van der Waals surface area contributed by atoms with Crippen molar-refractivity contribution in [2.75, 3.05) is 6.54 Å². The molecule has 0 saturated carbocycles. The molecule has 2 aromatic carbocycles. The van der Waals surface area contributed by atoms with Gasteiger partial charge >= 0.3 is 0 Å². The number of aromatic nitrogens is 1. The van der Waals surface area contributed by atoms with Gasteiger partial charge in [0.25, 0.3) is 0 Å². The molecule has 0 fully saturated rings. The van der Waals surface area contributed by atoms with Crippen molar-refractivity contribution >= 4 is 28.4 Å². The second-order valence-electron chi connectivity index (χ2n) is 5.80. The average molecular weight is 343 g/mol. The molecule has 0 aliphatic carbocycles. The zero-order valence-corrected chi connectivity index (χ0v) is 14.1. The summed E-state index contributed by atoms with van der Waals surface area (Å²) < 4.78 is 1.97. The van der Waals surface area contributed by atoms with Crippen LogP contribution >= 0.6 is 11.6 Å². The first-order chi connectivity index (χ1) is 11.6. The number of amides is 1. The van der Waals surface area contributed by atoms with Gasteiger partial charge in [-0.2, -0.15) is 0 Å². The van der Waals surface area contributed by atoms with E-state index >= 15 is 0 Å². The van der Waals surface area contributed by atoms with Crippen molar-refractivity contribution in [3.05, 3.63) is 70.9 Å². The number of carbonyl (C=O) groups is 1. The van der Waals surface area contributed by atoms with Gasteiger partial charge in [0.2, 0.25) is 5.91 Å². The number of halogens is 1. The van der Waals surface area contributed by atoms with Crippen LogP contribution in [-0.2, 0) is 18.3 Å². The zero-order valence-electron chi connectivity index (χ0n) is 13.4. The minimum atomic E-state index is -0.758. The standard InChI is InChI=1S/C19H19ClN2O2/c1-22-12-15(14-7-3-5-9-17(14)22)18(23)11-21-19(24)10-13-6-2-4-8-16(13)20/h2-9,12,18,23H,10-11H2,1H3,(H,21,24). The topological polar surface area (TPSA) is 54.3 Å². The van der Waals surface area contributed by atoms with E-state index in [0.717, 1.165) is 22.0 Å². The largest absolute Gasteiger partial charge is 0.386 e. The summed E-state index contributed by atoms with van der Waals surface area (Å²) >= 11 is 6.06. The van der Waals surface area contributed by atoms with Crippen LogP contribution in [0.1, 0.15) is 17.2 Å². The predicted molar refractivity (Wildman–Crippen MR) is 96.0 cm³/mol. The molecule has 1 amide bonds. The molecule has 2 N–H and O–H groups in total. The highest BCUT2D eigenvalue weighted by Gasteiger charge is 2.15. The van der Waals surface area contributed by atoms with Gasteiger partial charge in [0.05, 0.1) is 12.5 Å². The normalized spacial score (nSPS) is 12.3. The Morgan fingerprint density at radius 3 is 2.71 bits per heavy atom. The molecule has 3 rings (SSSR count). The van der Waals surface area contributed by atoms with Gasteiger partial charge in [-0.05, 0) is 17.7 Å². The zero-order chi connectivity index (χ0) is 17.1. The van der Waals surface area contributed by atoms with Crippen molar-refractivity contribution in [2.45, 2.75) is 12.5 Å². The van der Waals surface area contributed by atoms with E-state index in [2.05, 4.69) is 5.32 Å². The van der Waals surface area contributed by atoms with E-state index in [1.165, 1.54) is 0 Å². The van der Waals surface area contributed by atoms with Crippen LogP contribution in [-0.4, -0.2) is 22.1 Å². The average Bonchev–Trinajstić information content (AvgIpc) is 2.92. The number of para-hydroxylation sites is 1. The molecule has 124 valence electrons. The van der Waals surface area contributed by atoms with Crippen molar-refractivity contribution in [3.8, 4) is 0 Å². The van der Waals surface area contributed by atoms with Gasteiger partial charge in [-0.25, -0.2) is 0 Å². The first-order valence-electron chi connectivity index (χ1n) is 7.78. The van der Waals surface area contributed by atoms with E-state index in [1.807, 2.05) is 60.3 Å². The van der Waals surface area contributed by atoms with Crippen LogP contribution in [0.15, 0.2) is 54.7 Å².